The molecule has 46 heavy (non-hydrogen) atoms. The molecule has 5 fully saturated rings. The molecule has 1 aromatic heterocycles. The topological polar surface area (TPSA) is 133 Å². The van der Waals surface area contributed by atoms with E-state index in [9.17, 15) is 20.4 Å². The first kappa shape index (κ1) is 31.6. The normalized spacial score (nSPS) is 50.6. The van der Waals surface area contributed by atoms with Gasteiger partial charge >= 0.3 is 0 Å². The smallest absolute Gasteiger partial charge is 0.180 e. The molecule has 10 nitrogen and oxygen atoms in total. The van der Waals surface area contributed by atoms with Crippen molar-refractivity contribution < 1.29 is 29.9 Å². The van der Waals surface area contributed by atoms with Crippen LogP contribution >= 0.6 is 0 Å². The van der Waals surface area contributed by atoms with Gasteiger partial charge in [0.2, 0.25) is 0 Å². The van der Waals surface area contributed by atoms with Crippen LogP contribution in [0.15, 0.2) is 29.0 Å². The van der Waals surface area contributed by atoms with E-state index in [1.54, 1.807) is 18.7 Å². The summed E-state index contributed by atoms with van der Waals surface area (Å²) >= 11 is 0. The van der Waals surface area contributed by atoms with E-state index in [2.05, 4.69) is 49.0 Å². The highest BCUT2D eigenvalue weighted by Crippen LogP contribution is 2.65. The zero-order valence-electron chi connectivity index (χ0n) is 28.1. The van der Waals surface area contributed by atoms with Gasteiger partial charge in [0.25, 0.3) is 0 Å². The number of rotatable bonds is 3. The van der Waals surface area contributed by atoms with Crippen LogP contribution in [0.4, 0.5) is 0 Å². The fourth-order valence-corrected chi connectivity index (χ4v) is 11.6. The molecule has 4 aliphatic carbocycles. The number of piperidine rings is 1. The van der Waals surface area contributed by atoms with Gasteiger partial charge in [-0.2, -0.15) is 0 Å². The van der Waals surface area contributed by atoms with Crippen LogP contribution in [0.2, 0.25) is 0 Å². The van der Waals surface area contributed by atoms with Gasteiger partial charge in [-0.3, -0.25) is 4.90 Å². The molecule has 4 N–H and O–H groups in total. The first-order chi connectivity index (χ1) is 21.9. The molecule has 0 amide bonds. The Hall–Kier alpha value is -1.66. The van der Waals surface area contributed by atoms with Crippen molar-refractivity contribution in [1.29, 1.82) is 0 Å². The minimum absolute atomic E-state index is 0.163. The van der Waals surface area contributed by atoms with Crippen LogP contribution in [-0.4, -0.2) is 95.1 Å². The average Bonchev–Trinajstić information content (AvgIpc) is 3.72. The van der Waals surface area contributed by atoms with E-state index in [1.165, 1.54) is 28.7 Å². The third kappa shape index (κ3) is 4.61. The van der Waals surface area contributed by atoms with Crippen molar-refractivity contribution in [2.75, 3.05) is 6.54 Å². The maximum absolute atomic E-state index is 10.6. The van der Waals surface area contributed by atoms with Crippen LogP contribution in [0, 0.1) is 35.0 Å². The maximum Gasteiger partial charge on any atom is 0.180 e. The second kappa shape index (κ2) is 11.2. The minimum Gasteiger partial charge on any atom is -0.393 e. The number of hydrogen-bond acceptors (Lipinski definition) is 9. The minimum atomic E-state index is -1.31. The lowest BCUT2D eigenvalue weighted by molar-refractivity contribution is -0.243. The van der Waals surface area contributed by atoms with Gasteiger partial charge in [-0.25, -0.2) is 4.68 Å². The molecule has 254 valence electrons. The summed E-state index contributed by atoms with van der Waals surface area (Å²) in [6, 6.07) is 0.274. The van der Waals surface area contributed by atoms with Crippen LogP contribution in [0.25, 0.3) is 0 Å². The Morgan fingerprint density at radius 2 is 1.83 bits per heavy atom. The van der Waals surface area contributed by atoms with Crippen molar-refractivity contribution in [3.05, 3.63) is 34.7 Å². The predicted octanol–water partition coefficient (Wildman–Crippen LogP) is 3.51. The first-order valence-electron chi connectivity index (χ1n) is 18.0. The number of aliphatic hydroxyl groups is 4. The summed E-state index contributed by atoms with van der Waals surface area (Å²) in [5.74, 6) is 2.86. The number of fused-ring (bicyclic) bond motifs is 6. The van der Waals surface area contributed by atoms with E-state index >= 15 is 0 Å². The summed E-state index contributed by atoms with van der Waals surface area (Å²) in [6.45, 7) is 12.9. The van der Waals surface area contributed by atoms with Gasteiger partial charge in [-0.15, -0.1) is 5.10 Å². The molecule has 1 spiro atoms. The monoisotopic (exact) mass is 638 g/mol. The van der Waals surface area contributed by atoms with Crippen molar-refractivity contribution in [1.82, 2.24) is 19.9 Å². The third-order valence-corrected chi connectivity index (χ3v) is 14.1. The Bertz CT molecular complexity index is 1410. The molecule has 15 atom stereocenters. The maximum atomic E-state index is 10.6. The van der Waals surface area contributed by atoms with Gasteiger partial charge in [-0.05, 0) is 99.9 Å². The summed E-state index contributed by atoms with van der Waals surface area (Å²) in [5, 5.41) is 50.3. The lowest BCUT2D eigenvalue weighted by Crippen LogP contribution is -2.54. The van der Waals surface area contributed by atoms with E-state index in [1.807, 2.05) is 0 Å². The molecule has 2 saturated carbocycles. The fraction of sp³-hybridized carbons (Fsp3) is 0.833. The fourth-order valence-electron chi connectivity index (χ4n) is 11.6. The second-order valence-corrected chi connectivity index (χ2v) is 16.5. The molecule has 0 radical (unpaired) electrons. The molecule has 3 saturated heterocycles. The SMILES string of the molecule is CC1=C2C[C@H]3[C@@H](CC=C4C[C@@H](O)CC[C@@]43C)[C@@H]2CC[C@]12O[C@@H]1C[C@H](C)CN(Cc3cn(C4OC(C)[C@H](O)C(O)[C@@H]4O)nn3)[C@H]1[C@H]2C. The molecular weight excluding hydrogens is 584 g/mol. The third-order valence-electron chi connectivity index (χ3n) is 14.1. The zero-order chi connectivity index (χ0) is 32.3. The summed E-state index contributed by atoms with van der Waals surface area (Å²) in [4.78, 5) is 2.55. The highest BCUT2D eigenvalue weighted by atomic mass is 16.5. The van der Waals surface area contributed by atoms with Crippen molar-refractivity contribution in [3.8, 4) is 0 Å². The Morgan fingerprint density at radius 3 is 2.63 bits per heavy atom. The van der Waals surface area contributed by atoms with E-state index in [0.29, 0.717) is 36.1 Å². The van der Waals surface area contributed by atoms with Gasteiger partial charge in [-0.1, -0.05) is 43.2 Å². The van der Waals surface area contributed by atoms with Gasteiger partial charge in [0, 0.05) is 25.0 Å². The van der Waals surface area contributed by atoms with E-state index in [0.717, 1.165) is 50.8 Å². The van der Waals surface area contributed by atoms with Crippen LogP contribution in [-0.2, 0) is 16.0 Å². The van der Waals surface area contributed by atoms with Crippen LogP contribution < -0.4 is 0 Å². The van der Waals surface area contributed by atoms with Crippen molar-refractivity contribution in [2.24, 2.45) is 35.0 Å². The van der Waals surface area contributed by atoms with E-state index in [-0.39, 0.29) is 29.3 Å². The Labute approximate surface area is 272 Å². The largest absolute Gasteiger partial charge is 0.393 e. The number of hydrogen-bond donors (Lipinski definition) is 4. The van der Waals surface area contributed by atoms with Crippen molar-refractivity contribution in [2.45, 2.75) is 147 Å². The summed E-state index contributed by atoms with van der Waals surface area (Å²) < 4.78 is 14.6. The Morgan fingerprint density at radius 1 is 1.02 bits per heavy atom. The van der Waals surface area contributed by atoms with E-state index < -0.39 is 30.6 Å². The highest BCUT2D eigenvalue weighted by Gasteiger charge is 2.61. The molecule has 8 rings (SSSR count). The Kier molecular flexibility index (Phi) is 7.68. The quantitative estimate of drug-likeness (QED) is 0.367. The molecule has 4 heterocycles. The second-order valence-electron chi connectivity index (χ2n) is 16.5. The lowest BCUT2D eigenvalue weighted by atomic mass is 9.56. The van der Waals surface area contributed by atoms with Crippen LogP contribution in [0.3, 0.4) is 0 Å². The molecular formula is C36H54N4O6. The van der Waals surface area contributed by atoms with Crippen LogP contribution in [0.1, 0.15) is 97.9 Å². The number of nitrogens with zero attached hydrogens (tertiary/aromatic N) is 4. The Balaban J connectivity index is 1.04. The first-order valence-corrected chi connectivity index (χ1v) is 18.0. The van der Waals surface area contributed by atoms with Crippen molar-refractivity contribution in [3.63, 3.8) is 0 Å². The number of likely N-dealkylation sites (tertiary alicyclic amines) is 1. The molecule has 1 aromatic rings. The molecule has 0 aromatic carbocycles. The molecule has 3 unspecified atom stereocenters. The van der Waals surface area contributed by atoms with Crippen LogP contribution in [0.5, 0.6) is 0 Å². The van der Waals surface area contributed by atoms with Gasteiger partial charge in [0.1, 0.15) is 18.3 Å². The summed E-state index contributed by atoms with van der Waals surface area (Å²) in [5.41, 5.74) is 5.49. The summed E-state index contributed by atoms with van der Waals surface area (Å²) in [6.07, 6.45) is 7.56. The van der Waals surface area contributed by atoms with Gasteiger partial charge in [0.15, 0.2) is 6.23 Å². The lowest BCUT2D eigenvalue weighted by Gasteiger charge is -2.49. The molecule has 0 bridgehead atoms. The average molecular weight is 639 g/mol. The number of aromatic nitrogens is 3. The molecule has 3 aliphatic heterocycles. The van der Waals surface area contributed by atoms with Crippen molar-refractivity contribution >= 4 is 0 Å². The highest BCUT2D eigenvalue weighted by molar-refractivity contribution is 5.38. The number of ether oxygens (including phenoxy) is 2. The number of aliphatic hydroxyl groups excluding tert-OH is 4. The van der Waals surface area contributed by atoms with E-state index in [4.69, 9.17) is 9.47 Å². The molecule has 10 heteroatoms. The standard InChI is InChI=1S/C36H54N4O6/c1-18-12-29-30(39(15-18)16-23-17-40(38-37-23)34-33(44)32(43)31(42)21(4)45-34)20(3)36(46-29)11-9-25-26-7-6-22-13-24(41)8-10-35(22,5)28(26)14-27(25)19(36)2/h6,17-18,20-21,24-26,28-34,41-44H,7-16H2,1-5H3/t18-,20+,21?,24-,25-,26-,28-,29+,30-,31-,32?,33-,34?,35-,36-/m0/s1. The van der Waals surface area contributed by atoms with Gasteiger partial charge in [0.05, 0.1) is 35.8 Å². The number of allylic oxidation sites excluding steroid dienone is 2. The molecule has 7 aliphatic rings. The van der Waals surface area contributed by atoms with Gasteiger partial charge < -0.3 is 29.9 Å². The predicted molar refractivity (Wildman–Crippen MR) is 170 cm³/mol. The zero-order valence-corrected chi connectivity index (χ0v) is 28.1. The summed E-state index contributed by atoms with van der Waals surface area (Å²) in [7, 11) is 0.